The van der Waals surface area contributed by atoms with Crippen molar-refractivity contribution in [3.8, 4) is 0 Å². The van der Waals surface area contributed by atoms with E-state index in [1.807, 2.05) is 6.92 Å². The van der Waals surface area contributed by atoms with Crippen LogP contribution in [0.1, 0.15) is 19.4 Å². The molecule has 0 saturated carbocycles. The molecule has 17 heavy (non-hydrogen) atoms. The van der Waals surface area contributed by atoms with Crippen molar-refractivity contribution < 1.29 is 4.79 Å². The molecule has 0 aliphatic carbocycles. The molecule has 1 aromatic carbocycles. The minimum atomic E-state index is -0.885. The van der Waals surface area contributed by atoms with Crippen LogP contribution in [0, 0.1) is 12.3 Å². The maximum atomic E-state index is 12.0. The first kappa shape index (κ1) is 13.9. The highest BCUT2D eigenvalue weighted by Gasteiger charge is 2.31. The summed E-state index contributed by atoms with van der Waals surface area (Å²) in [6.45, 7) is 5.21. The highest BCUT2D eigenvalue weighted by atomic mass is 35.5. The first-order valence-electron chi connectivity index (χ1n) is 5.13. The topological polar surface area (TPSA) is 55.1 Å². The fourth-order valence-corrected chi connectivity index (χ4v) is 1.40. The third-order valence-corrected chi connectivity index (χ3v) is 3.62. The van der Waals surface area contributed by atoms with Crippen molar-refractivity contribution in [1.29, 1.82) is 0 Å². The van der Waals surface area contributed by atoms with Crippen molar-refractivity contribution in [2.24, 2.45) is 11.1 Å². The Hall–Kier alpha value is -1.13. The molecule has 0 radical (unpaired) electrons. The van der Waals surface area contributed by atoms with Gasteiger partial charge in [-0.25, -0.2) is 0 Å². The molecule has 1 aromatic rings. The van der Waals surface area contributed by atoms with E-state index >= 15 is 0 Å². The van der Waals surface area contributed by atoms with Crippen molar-refractivity contribution in [2.45, 2.75) is 20.8 Å². The molecular weight excluding hydrogens is 256 g/mol. The minimum Gasteiger partial charge on any atom is -0.392 e. The van der Waals surface area contributed by atoms with Gasteiger partial charge in [-0.3, -0.25) is 4.79 Å². The van der Waals surface area contributed by atoms with Crippen LogP contribution in [0.3, 0.4) is 0 Å². The standard InChI is InChI=1S/C12H15ClN2OS/c1-7-8(13)5-4-6-9(7)15-11(16)12(2,3)10(14)17/h4-6H,1-3H3,(H2,14,17)(H,15,16). The molecule has 0 aliphatic rings. The van der Waals surface area contributed by atoms with Gasteiger partial charge in [0.25, 0.3) is 0 Å². The largest absolute Gasteiger partial charge is 0.392 e. The molecule has 5 heteroatoms. The number of nitrogens with two attached hydrogens (primary N) is 1. The van der Waals surface area contributed by atoms with E-state index in [1.54, 1.807) is 32.0 Å². The number of rotatable bonds is 3. The monoisotopic (exact) mass is 270 g/mol. The lowest BCUT2D eigenvalue weighted by Gasteiger charge is -2.22. The Labute approximate surface area is 111 Å². The van der Waals surface area contributed by atoms with Crippen LogP contribution in [0.15, 0.2) is 18.2 Å². The Morgan fingerprint density at radius 1 is 1.47 bits per heavy atom. The maximum Gasteiger partial charge on any atom is 0.236 e. The predicted molar refractivity (Wildman–Crippen MR) is 75.4 cm³/mol. The molecule has 0 spiro atoms. The van der Waals surface area contributed by atoms with E-state index in [1.165, 1.54) is 0 Å². The lowest BCUT2D eigenvalue weighted by Crippen LogP contribution is -2.41. The van der Waals surface area contributed by atoms with Gasteiger partial charge < -0.3 is 11.1 Å². The molecule has 1 rings (SSSR count). The van der Waals surface area contributed by atoms with E-state index in [4.69, 9.17) is 29.6 Å². The number of benzene rings is 1. The highest BCUT2D eigenvalue weighted by molar-refractivity contribution is 7.80. The third-order valence-electron chi connectivity index (χ3n) is 2.70. The fourth-order valence-electron chi connectivity index (χ4n) is 1.13. The van der Waals surface area contributed by atoms with Gasteiger partial charge in [-0.1, -0.05) is 29.9 Å². The molecular formula is C12H15ClN2OS. The second-order valence-electron chi connectivity index (χ2n) is 4.36. The van der Waals surface area contributed by atoms with Gasteiger partial charge in [0.15, 0.2) is 0 Å². The second kappa shape index (κ2) is 5.02. The van der Waals surface area contributed by atoms with Gasteiger partial charge in [-0.15, -0.1) is 0 Å². The first-order valence-corrected chi connectivity index (χ1v) is 5.92. The van der Waals surface area contributed by atoms with E-state index < -0.39 is 5.41 Å². The predicted octanol–water partition coefficient (Wildman–Crippen LogP) is 2.90. The number of carbonyl (C=O) groups is 1. The van der Waals surface area contributed by atoms with Crippen molar-refractivity contribution in [3.63, 3.8) is 0 Å². The Balaban J connectivity index is 2.97. The SMILES string of the molecule is Cc1c(Cl)cccc1NC(=O)C(C)(C)C(N)=S. The maximum absolute atomic E-state index is 12.0. The summed E-state index contributed by atoms with van der Waals surface area (Å²) in [6.07, 6.45) is 0. The van der Waals surface area contributed by atoms with E-state index in [-0.39, 0.29) is 10.9 Å². The Kier molecular flexibility index (Phi) is 4.11. The summed E-state index contributed by atoms with van der Waals surface area (Å²) in [7, 11) is 0. The van der Waals surface area contributed by atoms with Crippen LogP contribution in [-0.2, 0) is 4.79 Å². The quantitative estimate of drug-likeness (QED) is 0.831. The van der Waals surface area contributed by atoms with Crippen molar-refractivity contribution in [2.75, 3.05) is 5.32 Å². The summed E-state index contributed by atoms with van der Waals surface area (Å²) in [5, 5.41) is 3.39. The summed E-state index contributed by atoms with van der Waals surface area (Å²) < 4.78 is 0. The molecule has 0 atom stereocenters. The lowest BCUT2D eigenvalue weighted by atomic mass is 9.92. The molecule has 0 heterocycles. The second-order valence-corrected chi connectivity index (χ2v) is 5.20. The summed E-state index contributed by atoms with van der Waals surface area (Å²) in [6, 6.07) is 5.33. The number of hydrogen-bond donors (Lipinski definition) is 2. The van der Waals surface area contributed by atoms with Gasteiger partial charge in [0.1, 0.15) is 0 Å². The van der Waals surface area contributed by atoms with Crippen LogP contribution in [0.2, 0.25) is 5.02 Å². The number of amides is 1. The van der Waals surface area contributed by atoms with Crippen molar-refractivity contribution >= 4 is 40.4 Å². The van der Waals surface area contributed by atoms with Crippen LogP contribution in [0.25, 0.3) is 0 Å². The molecule has 3 nitrogen and oxygen atoms in total. The Morgan fingerprint density at radius 3 is 2.59 bits per heavy atom. The van der Waals surface area contributed by atoms with Crippen LogP contribution in [0.5, 0.6) is 0 Å². The number of hydrogen-bond acceptors (Lipinski definition) is 2. The summed E-state index contributed by atoms with van der Waals surface area (Å²) >= 11 is 10.8. The van der Waals surface area contributed by atoms with Crippen molar-refractivity contribution in [3.05, 3.63) is 28.8 Å². The molecule has 1 amide bonds. The van der Waals surface area contributed by atoms with E-state index in [0.717, 1.165) is 5.56 Å². The van der Waals surface area contributed by atoms with E-state index in [2.05, 4.69) is 5.32 Å². The average Bonchev–Trinajstić information content (AvgIpc) is 2.24. The Morgan fingerprint density at radius 2 is 2.06 bits per heavy atom. The third kappa shape index (κ3) is 2.96. The molecule has 0 unspecified atom stereocenters. The average molecular weight is 271 g/mol. The van der Waals surface area contributed by atoms with Gasteiger partial charge in [0, 0.05) is 10.7 Å². The number of nitrogens with one attached hydrogen (secondary N) is 1. The van der Waals surface area contributed by atoms with Crippen LogP contribution in [0.4, 0.5) is 5.69 Å². The smallest absolute Gasteiger partial charge is 0.236 e. The van der Waals surface area contributed by atoms with Gasteiger partial charge in [-0.2, -0.15) is 0 Å². The van der Waals surface area contributed by atoms with Crippen LogP contribution >= 0.6 is 23.8 Å². The number of anilines is 1. The number of halogens is 1. The van der Waals surface area contributed by atoms with Gasteiger partial charge in [0.2, 0.25) is 5.91 Å². The van der Waals surface area contributed by atoms with Crippen LogP contribution in [-0.4, -0.2) is 10.9 Å². The van der Waals surface area contributed by atoms with Crippen LogP contribution < -0.4 is 11.1 Å². The zero-order valence-corrected chi connectivity index (χ0v) is 11.6. The van der Waals surface area contributed by atoms with Crippen molar-refractivity contribution in [1.82, 2.24) is 0 Å². The number of thiocarbonyl (C=S) groups is 1. The summed E-state index contributed by atoms with van der Waals surface area (Å²) in [4.78, 5) is 12.2. The fraction of sp³-hybridized carbons (Fsp3) is 0.333. The molecule has 0 aliphatic heterocycles. The zero-order chi connectivity index (χ0) is 13.2. The normalized spacial score (nSPS) is 11.1. The Bertz CT molecular complexity index is 472. The molecule has 0 fully saturated rings. The zero-order valence-electron chi connectivity index (χ0n) is 10.0. The molecule has 0 bridgehead atoms. The molecule has 0 aromatic heterocycles. The molecule has 92 valence electrons. The lowest BCUT2D eigenvalue weighted by molar-refractivity contribution is -0.121. The van der Waals surface area contributed by atoms with E-state index in [9.17, 15) is 4.79 Å². The molecule has 3 N–H and O–H groups in total. The summed E-state index contributed by atoms with van der Waals surface area (Å²) in [5.74, 6) is -0.240. The van der Waals surface area contributed by atoms with Gasteiger partial charge in [-0.05, 0) is 38.5 Å². The summed E-state index contributed by atoms with van der Waals surface area (Å²) in [5.41, 5.74) is 6.15. The van der Waals surface area contributed by atoms with Gasteiger partial charge >= 0.3 is 0 Å². The first-order chi connectivity index (χ1) is 7.76. The number of carbonyl (C=O) groups excluding carboxylic acids is 1. The minimum absolute atomic E-state index is 0.162. The van der Waals surface area contributed by atoms with Gasteiger partial charge in [0.05, 0.1) is 10.4 Å². The highest BCUT2D eigenvalue weighted by Crippen LogP contribution is 2.25. The van der Waals surface area contributed by atoms with E-state index in [0.29, 0.717) is 10.7 Å². The molecule has 0 saturated heterocycles.